The van der Waals surface area contributed by atoms with Crippen LogP contribution in [0.4, 0.5) is 0 Å². The zero-order valence-corrected chi connectivity index (χ0v) is 10.1. The summed E-state index contributed by atoms with van der Waals surface area (Å²) in [5.41, 5.74) is 3.59. The van der Waals surface area contributed by atoms with Crippen molar-refractivity contribution in [3.63, 3.8) is 0 Å². The molecule has 0 bridgehead atoms. The van der Waals surface area contributed by atoms with E-state index in [9.17, 15) is 4.79 Å². The fourth-order valence-corrected chi connectivity index (χ4v) is 1.76. The van der Waals surface area contributed by atoms with Crippen LogP contribution >= 0.6 is 0 Å². The van der Waals surface area contributed by atoms with Crippen LogP contribution in [0.1, 0.15) is 28.4 Å². The van der Waals surface area contributed by atoms with Gasteiger partial charge < -0.3 is 5.11 Å². The topological polar surface area (TPSA) is 37.3 Å². The third-order valence-corrected chi connectivity index (χ3v) is 2.77. The number of rotatable bonds is 3. The Morgan fingerprint density at radius 2 is 1.50 bits per heavy atom. The van der Waals surface area contributed by atoms with Crippen molar-refractivity contribution in [2.24, 2.45) is 0 Å². The van der Waals surface area contributed by atoms with Gasteiger partial charge in [0.25, 0.3) is 0 Å². The number of hydrogen-bond acceptors (Lipinski definition) is 1. The summed E-state index contributed by atoms with van der Waals surface area (Å²) in [4.78, 5) is 10.8. The van der Waals surface area contributed by atoms with Crippen molar-refractivity contribution in [3.8, 4) is 0 Å². The minimum atomic E-state index is -0.897. The second-order valence-electron chi connectivity index (χ2n) is 4.12. The van der Waals surface area contributed by atoms with Crippen LogP contribution in [0.15, 0.2) is 54.6 Å². The summed E-state index contributed by atoms with van der Waals surface area (Å²) >= 11 is 0. The molecule has 18 heavy (non-hydrogen) atoms. The van der Waals surface area contributed by atoms with Crippen LogP contribution in [0.25, 0.3) is 11.6 Å². The minimum Gasteiger partial charge on any atom is -0.478 e. The highest BCUT2D eigenvalue weighted by molar-refractivity contribution is 5.88. The quantitative estimate of drug-likeness (QED) is 0.822. The van der Waals surface area contributed by atoms with E-state index in [2.05, 4.69) is 6.08 Å². The molecular weight excluding hydrogens is 224 g/mol. The van der Waals surface area contributed by atoms with Crippen molar-refractivity contribution >= 4 is 17.6 Å². The highest BCUT2D eigenvalue weighted by atomic mass is 16.4. The van der Waals surface area contributed by atoms with Crippen molar-refractivity contribution in [2.75, 3.05) is 0 Å². The zero-order valence-electron chi connectivity index (χ0n) is 10.1. The lowest BCUT2D eigenvalue weighted by molar-refractivity contribution is 0.0697. The number of hydrogen-bond donors (Lipinski definition) is 1. The van der Waals surface area contributed by atoms with Gasteiger partial charge in [0.15, 0.2) is 0 Å². The number of benzene rings is 2. The van der Waals surface area contributed by atoms with Crippen molar-refractivity contribution < 1.29 is 9.90 Å². The van der Waals surface area contributed by atoms with Gasteiger partial charge in [0.2, 0.25) is 0 Å². The number of carbonyl (C=O) groups is 1. The van der Waals surface area contributed by atoms with Gasteiger partial charge >= 0.3 is 5.97 Å². The predicted molar refractivity (Wildman–Crippen MR) is 73.4 cm³/mol. The van der Waals surface area contributed by atoms with Gasteiger partial charge in [-0.3, -0.25) is 0 Å². The third-order valence-electron chi connectivity index (χ3n) is 2.77. The highest BCUT2D eigenvalue weighted by Gasteiger charge is 2.02. The second kappa shape index (κ2) is 5.32. The monoisotopic (exact) mass is 238 g/mol. The SMILES string of the molecule is CC(=Cc1ccccc1)c1ccc(C(=O)O)cc1. The molecule has 0 atom stereocenters. The molecule has 2 heteroatoms. The molecule has 0 aliphatic rings. The van der Waals surface area contributed by atoms with Crippen molar-refractivity contribution in [3.05, 3.63) is 71.3 Å². The number of allylic oxidation sites excluding steroid dienone is 1. The summed E-state index contributed by atoms with van der Waals surface area (Å²) in [7, 11) is 0. The van der Waals surface area contributed by atoms with Crippen LogP contribution in [0.2, 0.25) is 0 Å². The Morgan fingerprint density at radius 3 is 2.06 bits per heavy atom. The average Bonchev–Trinajstić information content (AvgIpc) is 2.40. The summed E-state index contributed by atoms with van der Waals surface area (Å²) in [5, 5.41) is 8.83. The fourth-order valence-electron chi connectivity index (χ4n) is 1.76. The van der Waals surface area contributed by atoms with Gasteiger partial charge in [-0.2, -0.15) is 0 Å². The molecule has 2 nitrogen and oxygen atoms in total. The Balaban J connectivity index is 2.26. The molecule has 2 rings (SSSR count). The van der Waals surface area contributed by atoms with Crippen LogP contribution in [0, 0.1) is 0 Å². The van der Waals surface area contributed by atoms with Gasteiger partial charge in [0, 0.05) is 0 Å². The van der Waals surface area contributed by atoms with Crippen LogP contribution in [-0.2, 0) is 0 Å². The molecular formula is C16H14O2. The summed E-state index contributed by atoms with van der Waals surface area (Å²) in [6.45, 7) is 2.02. The first-order valence-electron chi connectivity index (χ1n) is 5.74. The van der Waals surface area contributed by atoms with E-state index in [-0.39, 0.29) is 0 Å². The number of carboxylic acids is 1. The van der Waals surface area contributed by atoms with Crippen LogP contribution in [0.3, 0.4) is 0 Å². The van der Waals surface area contributed by atoms with Gasteiger partial charge in [-0.05, 0) is 35.8 Å². The highest BCUT2D eigenvalue weighted by Crippen LogP contribution is 2.18. The minimum absolute atomic E-state index is 0.311. The Morgan fingerprint density at radius 1 is 0.944 bits per heavy atom. The third kappa shape index (κ3) is 2.86. The summed E-state index contributed by atoms with van der Waals surface area (Å²) < 4.78 is 0. The van der Waals surface area contributed by atoms with E-state index in [4.69, 9.17) is 5.11 Å². The van der Waals surface area contributed by atoms with Crippen molar-refractivity contribution in [1.29, 1.82) is 0 Å². The number of carboxylic acid groups (broad SMARTS) is 1. The number of aromatic carboxylic acids is 1. The smallest absolute Gasteiger partial charge is 0.335 e. The predicted octanol–water partition coefficient (Wildman–Crippen LogP) is 3.95. The summed E-state index contributed by atoms with van der Waals surface area (Å²) in [5.74, 6) is -0.897. The molecule has 0 fully saturated rings. The average molecular weight is 238 g/mol. The van der Waals surface area contributed by atoms with Crippen molar-refractivity contribution in [2.45, 2.75) is 6.92 Å². The molecule has 90 valence electrons. The first-order chi connectivity index (χ1) is 8.66. The van der Waals surface area contributed by atoms with Crippen LogP contribution in [-0.4, -0.2) is 11.1 Å². The Hall–Kier alpha value is -2.35. The lowest BCUT2D eigenvalue weighted by atomic mass is 10.0. The largest absolute Gasteiger partial charge is 0.478 e. The van der Waals surface area contributed by atoms with Gasteiger partial charge in [-0.15, -0.1) is 0 Å². The maximum atomic E-state index is 10.8. The van der Waals surface area contributed by atoms with E-state index in [1.54, 1.807) is 12.1 Å². The lowest BCUT2D eigenvalue weighted by Gasteiger charge is -2.03. The van der Waals surface area contributed by atoms with Crippen molar-refractivity contribution in [1.82, 2.24) is 0 Å². The van der Waals surface area contributed by atoms with Gasteiger partial charge in [0.05, 0.1) is 5.56 Å². The van der Waals surface area contributed by atoms with E-state index in [1.165, 1.54) is 0 Å². The molecule has 0 saturated heterocycles. The first-order valence-corrected chi connectivity index (χ1v) is 5.74. The molecule has 0 radical (unpaired) electrons. The van der Waals surface area contributed by atoms with Crippen LogP contribution < -0.4 is 0 Å². The van der Waals surface area contributed by atoms with E-state index >= 15 is 0 Å². The fraction of sp³-hybridized carbons (Fsp3) is 0.0625. The molecule has 0 aromatic heterocycles. The normalized spacial score (nSPS) is 11.3. The molecule has 0 aliphatic carbocycles. The Kier molecular flexibility index (Phi) is 3.58. The summed E-state index contributed by atoms with van der Waals surface area (Å²) in [6.07, 6.45) is 2.08. The molecule has 0 amide bonds. The maximum Gasteiger partial charge on any atom is 0.335 e. The second-order valence-corrected chi connectivity index (χ2v) is 4.12. The molecule has 0 aliphatic heterocycles. The first kappa shape index (κ1) is 12.1. The molecule has 0 unspecified atom stereocenters. The standard InChI is InChI=1S/C16H14O2/c1-12(11-13-5-3-2-4-6-13)14-7-9-15(10-8-14)16(17)18/h2-11H,1H3,(H,17,18). The molecule has 0 saturated carbocycles. The van der Waals surface area contributed by atoms with Gasteiger partial charge in [-0.1, -0.05) is 48.5 Å². The van der Waals surface area contributed by atoms with E-state index in [0.29, 0.717) is 5.56 Å². The summed E-state index contributed by atoms with van der Waals surface area (Å²) in [6, 6.07) is 17.0. The van der Waals surface area contributed by atoms with E-state index < -0.39 is 5.97 Å². The molecule has 2 aromatic rings. The Bertz CT molecular complexity index is 566. The lowest BCUT2D eigenvalue weighted by Crippen LogP contribution is -1.95. The van der Waals surface area contributed by atoms with Gasteiger partial charge in [-0.25, -0.2) is 4.79 Å². The molecule has 2 aromatic carbocycles. The molecule has 0 spiro atoms. The molecule has 1 N–H and O–H groups in total. The van der Waals surface area contributed by atoms with Gasteiger partial charge in [0.1, 0.15) is 0 Å². The maximum absolute atomic E-state index is 10.8. The van der Waals surface area contributed by atoms with E-state index in [1.807, 2.05) is 49.4 Å². The van der Waals surface area contributed by atoms with Crippen LogP contribution in [0.5, 0.6) is 0 Å². The molecule has 0 heterocycles. The Labute approximate surface area is 106 Å². The van der Waals surface area contributed by atoms with E-state index in [0.717, 1.165) is 16.7 Å². The zero-order chi connectivity index (χ0) is 13.0.